The van der Waals surface area contributed by atoms with Crippen molar-refractivity contribution in [3.05, 3.63) is 40.7 Å². The molecule has 22 heavy (non-hydrogen) atoms. The highest BCUT2D eigenvalue weighted by Crippen LogP contribution is 2.43. The van der Waals surface area contributed by atoms with Gasteiger partial charge in [0.15, 0.2) is 5.78 Å². The molecular formula is C16H18N4O2. The zero-order valence-corrected chi connectivity index (χ0v) is 12.7. The van der Waals surface area contributed by atoms with Gasteiger partial charge in [-0.3, -0.25) is 9.48 Å². The number of rotatable bonds is 2. The Morgan fingerprint density at radius 2 is 2.27 bits per heavy atom. The average Bonchev–Trinajstić information content (AvgIpc) is 2.95. The molecule has 0 bridgehead atoms. The minimum absolute atomic E-state index is 0.0306. The van der Waals surface area contributed by atoms with Crippen molar-refractivity contribution in [1.82, 2.24) is 9.78 Å². The minimum atomic E-state index is -0.480. The van der Waals surface area contributed by atoms with Gasteiger partial charge in [0.2, 0.25) is 5.88 Å². The van der Waals surface area contributed by atoms with Gasteiger partial charge in [-0.25, -0.2) is 0 Å². The molecular weight excluding hydrogens is 280 g/mol. The van der Waals surface area contributed by atoms with E-state index >= 15 is 0 Å². The number of hydrogen-bond donors (Lipinski definition) is 1. The molecule has 0 amide bonds. The molecule has 1 aliphatic heterocycles. The fourth-order valence-electron chi connectivity index (χ4n) is 3.14. The number of hydrogen-bond acceptors (Lipinski definition) is 5. The molecule has 1 aliphatic carbocycles. The third-order valence-electron chi connectivity index (χ3n) is 4.09. The van der Waals surface area contributed by atoms with Gasteiger partial charge in [0.25, 0.3) is 0 Å². The van der Waals surface area contributed by atoms with Gasteiger partial charge in [0, 0.05) is 30.7 Å². The summed E-state index contributed by atoms with van der Waals surface area (Å²) in [6, 6.07) is 4.08. The summed E-state index contributed by atoms with van der Waals surface area (Å²) in [7, 11) is 0. The highest BCUT2D eigenvalue weighted by Gasteiger charge is 2.39. The first kappa shape index (κ1) is 14.4. The van der Waals surface area contributed by atoms with Crippen molar-refractivity contribution in [2.24, 2.45) is 5.73 Å². The number of carbonyl (C=O) groups is 1. The van der Waals surface area contributed by atoms with Crippen LogP contribution < -0.4 is 5.73 Å². The topological polar surface area (TPSA) is 93.9 Å². The van der Waals surface area contributed by atoms with Crippen LogP contribution in [0.3, 0.4) is 0 Å². The van der Waals surface area contributed by atoms with E-state index in [2.05, 4.69) is 11.2 Å². The Kier molecular flexibility index (Phi) is 3.49. The average molecular weight is 298 g/mol. The summed E-state index contributed by atoms with van der Waals surface area (Å²) >= 11 is 0. The van der Waals surface area contributed by atoms with Gasteiger partial charge >= 0.3 is 0 Å². The number of carbonyl (C=O) groups excluding carboxylic acids is 1. The Hall–Kier alpha value is -2.55. The quantitative estimate of drug-likeness (QED) is 0.904. The summed E-state index contributed by atoms with van der Waals surface area (Å²) < 4.78 is 7.38. The number of Topliss-reactive ketones (excluding diaryl/α,β-unsaturated/α-hetero) is 1. The minimum Gasteiger partial charge on any atom is -0.444 e. The number of allylic oxidation sites excluding steroid dienone is 3. The highest BCUT2D eigenvalue weighted by atomic mass is 16.5. The molecule has 3 rings (SSSR count). The Labute approximate surface area is 128 Å². The second kappa shape index (κ2) is 5.34. The van der Waals surface area contributed by atoms with Crippen LogP contribution in [0.1, 0.15) is 50.8 Å². The second-order valence-electron chi connectivity index (χ2n) is 5.83. The number of ketones is 1. The Morgan fingerprint density at radius 1 is 1.50 bits per heavy atom. The predicted molar refractivity (Wildman–Crippen MR) is 79.1 cm³/mol. The third kappa shape index (κ3) is 2.10. The summed E-state index contributed by atoms with van der Waals surface area (Å²) in [6.07, 6.45) is 3.59. The van der Waals surface area contributed by atoms with Crippen LogP contribution in [0.4, 0.5) is 0 Å². The maximum absolute atomic E-state index is 12.4. The van der Waals surface area contributed by atoms with E-state index in [0.29, 0.717) is 24.2 Å². The monoisotopic (exact) mass is 298 g/mol. The van der Waals surface area contributed by atoms with Gasteiger partial charge in [0.05, 0.1) is 11.6 Å². The van der Waals surface area contributed by atoms with Crippen molar-refractivity contribution in [2.75, 3.05) is 0 Å². The molecule has 2 aliphatic rings. The Morgan fingerprint density at radius 3 is 2.95 bits per heavy atom. The zero-order chi connectivity index (χ0) is 15.9. The van der Waals surface area contributed by atoms with Crippen molar-refractivity contribution >= 4 is 5.78 Å². The van der Waals surface area contributed by atoms with E-state index in [1.54, 1.807) is 6.20 Å². The molecule has 114 valence electrons. The molecule has 6 nitrogen and oxygen atoms in total. The number of aromatic nitrogens is 2. The molecule has 6 heteroatoms. The molecule has 1 aromatic heterocycles. The molecule has 0 saturated heterocycles. The number of nitrogens with two attached hydrogens (primary N) is 1. The van der Waals surface area contributed by atoms with Crippen LogP contribution in [0.25, 0.3) is 0 Å². The first-order valence-corrected chi connectivity index (χ1v) is 7.41. The largest absolute Gasteiger partial charge is 0.444 e. The normalized spacial score (nSPS) is 21.7. The van der Waals surface area contributed by atoms with Gasteiger partial charge in [-0.05, 0) is 26.3 Å². The van der Waals surface area contributed by atoms with Gasteiger partial charge in [-0.1, -0.05) is 0 Å². The number of ether oxygens (including phenoxy) is 1. The lowest BCUT2D eigenvalue weighted by Gasteiger charge is -2.31. The summed E-state index contributed by atoms with van der Waals surface area (Å²) in [5.41, 5.74) is 7.59. The molecule has 0 fully saturated rings. The van der Waals surface area contributed by atoms with Gasteiger partial charge in [0.1, 0.15) is 17.4 Å². The highest BCUT2D eigenvalue weighted by molar-refractivity contribution is 5.99. The van der Waals surface area contributed by atoms with Crippen molar-refractivity contribution in [2.45, 2.75) is 45.1 Å². The first-order chi connectivity index (χ1) is 10.5. The van der Waals surface area contributed by atoms with E-state index in [1.165, 1.54) is 0 Å². The first-order valence-electron chi connectivity index (χ1n) is 7.41. The fourth-order valence-corrected chi connectivity index (χ4v) is 3.14. The predicted octanol–water partition coefficient (Wildman–Crippen LogP) is 2.28. The second-order valence-corrected chi connectivity index (χ2v) is 5.83. The summed E-state index contributed by atoms with van der Waals surface area (Å²) in [6.45, 7) is 4.01. The van der Waals surface area contributed by atoms with Gasteiger partial charge < -0.3 is 10.5 Å². The molecule has 0 radical (unpaired) electrons. The maximum atomic E-state index is 12.4. The molecule has 2 N–H and O–H groups in total. The van der Waals surface area contributed by atoms with E-state index in [0.717, 1.165) is 12.1 Å². The van der Waals surface area contributed by atoms with Crippen LogP contribution >= 0.6 is 0 Å². The summed E-state index contributed by atoms with van der Waals surface area (Å²) in [5, 5.41) is 13.8. The molecule has 0 aromatic carbocycles. The van der Waals surface area contributed by atoms with Gasteiger partial charge in [-0.2, -0.15) is 10.4 Å². The molecule has 1 atom stereocenters. The van der Waals surface area contributed by atoms with Crippen LogP contribution in [-0.2, 0) is 9.53 Å². The summed E-state index contributed by atoms with van der Waals surface area (Å²) in [5.74, 6) is 0.251. The maximum Gasteiger partial charge on any atom is 0.205 e. The van der Waals surface area contributed by atoms with Crippen molar-refractivity contribution in [3.8, 4) is 6.07 Å². The van der Waals surface area contributed by atoms with Crippen LogP contribution in [0, 0.1) is 11.3 Å². The van der Waals surface area contributed by atoms with E-state index < -0.39 is 5.92 Å². The fraction of sp³-hybridized carbons (Fsp3) is 0.438. The van der Waals surface area contributed by atoms with Crippen LogP contribution in [0.2, 0.25) is 0 Å². The lowest BCUT2D eigenvalue weighted by Crippen LogP contribution is -2.29. The van der Waals surface area contributed by atoms with E-state index in [4.69, 9.17) is 10.5 Å². The molecule has 1 aromatic rings. The molecule has 1 unspecified atom stereocenters. The Bertz CT molecular complexity index is 734. The van der Waals surface area contributed by atoms with Crippen molar-refractivity contribution < 1.29 is 9.53 Å². The van der Waals surface area contributed by atoms with Crippen LogP contribution in [0.15, 0.2) is 35.1 Å². The van der Waals surface area contributed by atoms with Crippen molar-refractivity contribution in [3.63, 3.8) is 0 Å². The lowest BCUT2D eigenvalue weighted by atomic mass is 9.79. The smallest absolute Gasteiger partial charge is 0.205 e. The number of nitriles is 1. The third-order valence-corrected chi connectivity index (χ3v) is 4.09. The van der Waals surface area contributed by atoms with Crippen LogP contribution in [-0.4, -0.2) is 15.6 Å². The summed E-state index contributed by atoms with van der Waals surface area (Å²) in [4.78, 5) is 12.4. The zero-order valence-electron chi connectivity index (χ0n) is 12.7. The molecule has 0 spiro atoms. The number of nitrogens with zero attached hydrogens (tertiary/aromatic N) is 3. The van der Waals surface area contributed by atoms with E-state index in [1.807, 2.05) is 24.6 Å². The van der Waals surface area contributed by atoms with Gasteiger partial charge in [-0.15, -0.1) is 0 Å². The lowest BCUT2D eigenvalue weighted by molar-refractivity contribution is -0.116. The van der Waals surface area contributed by atoms with E-state index in [-0.39, 0.29) is 23.3 Å². The van der Waals surface area contributed by atoms with E-state index in [9.17, 15) is 10.1 Å². The molecule has 0 saturated carbocycles. The van der Waals surface area contributed by atoms with Crippen LogP contribution in [0.5, 0.6) is 0 Å². The molecule has 2 heterocycles. The standard InChI is InChI=1S/C16H18N4O2/c1-9(2)20-11(6-7-19-20)14-10(8-17)16(18)22-13-5-3-4-12(21)15(13)14/h6-7,9,14H,3-5,18H2,1-2H3. The van der Waals surface area contributed by atoms with Crippen molar-refractivity contribution in [1.29, 1.82) is 5.26 Å². The Balaban J connectivity index is 2.21. The SMILES string of the molecule is CC(C)n1nccc1C1C(C#N)=C(N)OC2=C1C(=O)CCC2.